The van der Waals surface area contributed by atoms with Crippen LogP contribution in [0.15, 0.2) is 53.2 Å². The maximum absolute atomic E-state index is 12.8. The minimum absolute atomic E-state index is 0.0836. The third-order valence-electron chi connectivity index (χ3n) is 6.12. The number of aromatic nitrogens is 1. The Labute approximate surface area is 200 Å². The standard InChI is InChI=1S/C25H26F3N3O4/c26-25(27,28)35-20-7-2-1-6-19(20)24(33)31-13-9-17(10-14-31)5-3-4-11-30-23(32)21-15-18-8-12-29-16-22(18)34-21/h1-2,6-8,12,15-17H,3-5,9-11,13-14H2,(H,30,32). The SMILES string of the molecule is O=C(NCCCCC1CCN(C(=O)c2ccccc2OC(F)(F)F)CC1)c1cc2ccncc2o1. The number of amides is 2. The monoisotopic (exact) mass is 489 g/mol. The molecular formula is C25H26F3N3O4. The summed E-state index contributed by atoms with van der Waals surface area (Å²) in [6.45, 7) is 1.50. The van der Waals surface area contributed by atoms with E-state index in [1.165, 1.54) is 18.2 Å². The van der Waals surface area contributed by atoms with Crippen LogP contribution in [0.4, 0.5) is 13.2 Å². The molecule has 2 aromatic heterocycles. The topological polar surface area (TPSA) is 84.7 Å². The van der Waals surface area contributed by atoms with Gasteiger partial charge in [-0.3, -0.25) is 14.6 Å². The number of carbonyl (C=O) groups is 2. The van der Waals surface area contributed by atoms with Crippen LogP contribution in [0.5, 0.6) is 5.75 Å². The lowest BCUT2D eigenvalue weighted by Gasteiger charge is -2.32. The summed E-state index contributed by atoms with van der Waals surface area (Å²) < 4.78 is 47.5. The van der Waals surface area contributed by atoms with Gasteiger partial charge >= 0.3 is 6.36 Å². The van der Waals surface area contributed by atoms with E-state index < -0.39 is 18.0 Å². The van der Waals surface area contributed by atoms with Crippen molar-refractivity contribution in [2.75, 3.05) is 19.6 Å². The van der Waals surface area contributed by atoms with Crippen LogP contribution in [0.3, 0.4) is 0 Å². The number of para-hydroxylation sites is 1. The molecule has 0 saturated carbocycles. The second-order valence-electron chi connectivity index (χ2n) is 8.56. The van der Waals surface area contributed by atoms with E-state index >= 15 is 0 Å². The van der Waals surface area contributed by atoms with Gasteiger partial charge in [0.1, 0.15) is 5.75 Å². The second-order valence-corrected chi connectivity index (χ2v) is 8.56. The zero-order valence-electron chi connectivity index (χ0n) is 19.0. The molecule has 1 fully saturated rings. The Kier molecular flexibility index (Phi) is 7.57. The summed E-state index contributed by atoms with van der Waals surface area (Å²) in [6, 6.07) is 8.90. The van der Waals surface area contributed by atoms with Gasteiger partial charge in [-0.05, 0) is 49.4 Å². The summed E-state index contributed by atoms with van der Waals surface area (Å²) in [5.74, 6) is -0.504. The van der Waals surface area contributed by atoms with Crippen LogP contribution in [0, 0.1) is 5.92 Å². The van der Waals surface area contributed by atoms with Crippen molar-refractivity contribution in [2.24, 2.45) is 5.92 Å². The van der Waals surface area contributed by atoms with Gasteiger partial charge in [0, 0.05) is 31.2 Å². The average molecular weight is 489 g/mol. The first kappa shape index (κ1) is 24.6. The van der Waals surface area contributed by atoms with E-state index in [2.05, 4.69) is 15.0 Å². The average Bonchev–Trinajstić information content (AvgIpc) is 3.28. The molecule has 0 bridgehead atoms. The number of unbranched alkanes of at least 4 members (excludes halogenated alkanes) is 1. The van der Waals surface area contributed by atoms with Gasteiger partial charge in [-0.1, -0.05) is 25.0 Å². The maximum atomic E-state index is 12.8. The largest absolute Gasteiger partial charge is 0.573 e. The van der Waals surface area contributed by atoms with Crippen molar-refractivity contribution in [3.8, 4) is 5.75 Å². The molecule has 35 heavy (non-hydrogen) atoms. The Balaban J connectivity index is 1.17. The Bertz CT molecular complexity index is 1140. The lowest BCUT2D eigenvalue weighted by atomic mass is 9.91. The Morgan fingerprint density at radius 3 is 2.66 bits per heavy atom. The first-order valence-electron chi connectivity index (χ1n) is 11.6. The highest BCUT2D eigenvalue weighted by molar-refractivity contribution is 5.97. The Morgan fingerprint density at radius 2 is 1.91 bits per heavy atom. The van der Waals surface area contributed by atoms with Crippen LogP contribution in [-0.4, -0.2) is 47.7 Å². The summed E-state index contributed by atoms with van der Waals surface area (Å²) in [5.41, 5.74) is 0.485. The second kappa shape index (κ2) is 10.8. The molecule has 7 nitrogen and oxygen atoms in total. The first-order chi connectivity index (χ1) is 16.8. The normalized spacial score (nSPS) is 14.8. The van der Waals surface area contributed by atoms with Gasteiger partial charge < -0.3 is 19.4 Å². The predicted molar refractivity (Wildman–Crippen MR) is 122 cm³/mol. The van der Waals surface area contributed by atoms with E-state index in [-0.39, 0.29) is 17.2 Å². The van der Waals surface area contributed by atoms with Crippen LogP contribution in [-0.2, 0) is 0 Å². The number of hydrogen-bond donors (Lipinski definition) is 1. The number of hydrogen-bond acceptors (Lipinski definition) is 5. The molecule has 2 amide bonds. The molecule has 186 valence electrons. The van der Waals surface area contributed by atoms with Gasteiger partial charge in [-0.25, -0.2) is 0 Å². The number of nitrogens with zero attached hydrogens (tertiary/aromatic N) is 2. The molecule has 3 aromatic rings. The molecule has 3 heterocycles. The number of furan rings is 1. The lowest BCUT2D eigenvalue weighted by Crippen LogP contribution is -2.38. The number of pyridine rings is 1. The number of carbonyl (C=O) groups excluding carboxylic acids is 2. The third kappa shape index (κ3) is 6.52. The number of benzene rings is 1. The molecule has 10 heteroatoms. The minimum atomic E-state index is -4.85. The quantitative estimate of drug-likeness (QED) is 0.441. The molecule has 1 aliphatic heterocycles. The van der Waals surface area contributed by atoms with E-state index in [4.69, 9.17) is 4.42 Å². The summed E-state index contributed by atoms with van der Waals surface area (Å²) in [4.78, 5) is 30.6. The Morgan fingerprint density at radius 1 is 1.14 bits per heavy atom. The van der Waals surface area contributed by atoms with E-state index in [0.717, 1.165) is 43.6 Å². The van der Waals surface area contributed by atoms with E-state index in [1.54, 1.807) is 29.4 Å². The van der Waals surface area contributed by atoms with E-state index in [0.29, 0.717) is 31.1 Å². The van der Waals surface area contributed by atoms with Gasteiger partial charge in [-0.15, -0.1) is 13.2 Å². The zero-order chi connectivity index (χ0) is 24.8. The molecule has 1 aromatic carbocycles. The summed E-state index contributed by atoms with van der Waals surface area (Å²) >= 11 is 0. The van der Waals surface area contributed by atoms with Crippen molar-refractivity contribution in [2.45, 2.75) is 38.5 Å². The zero-order valence-corrected chi connectivity index (χ0v) is 19.0. The summed E-state index contributed by atoms with van der Waals surface area (Å²) in [6.07, 6.45) is 2.62. The van der Waals surface area contributed by atoms with E-state index in [9.17, 15) is 22.8 Å². The van der Waals surface area contributed by atoms with Gasteiger partial charge in [0.15, 0.2) is 11.3 Å². The molecule has 0 unspecified atom stereocenters. The maximum Gasteiger partial charge on any atom is 0.573 e. The van der Waals surface area contributed by atoms with Crippen molar-refractivity contribution in [1.29, 1.82) is 0 Å². The summed E-state index contributed by atoms with van der Waals surface area (Å²) in [5, 5.41) is 3.69. The predicted octanol–water partition coefficient (Wildman–Crippen LogP) is 5.18. The van der Waals surface area contributed by atoms with Crippen molar-refractivity contribution in [3.05, 3.63) is 60.1 Å². The van der Waals surface area contributed by atoms with Crippen molar-refractivity contribution in [3.63, 3.8) is 0 Å². The number of ether oxygens (including phenoxy) is 1. The highest BCUT2D eigenvalue weighted by atomic mass is 19.4. The molecule has 4 rings (SSSR count). The smallest absolute Gasteiger partial charge is 0.449 e. The Hall–Kier alpha value is -3.56. The van der Waals surface area contributed by atoms with Gasteiger partial charge in [-0.2, -0.15) is 0 Å². The molecule has 0 aliphatic carbocycles. The van der Waals surface area contributed by atoms with Gasteiger partial charge in [0.25, 0.3) is 11.8 Å². The number of piperidine rings is 1. The minimum Gasteiger partial charge on any atom is -0.449 e. The highest BCUT2D eigenvalue weighted by Gasteiger charge is 2.34. The molecule has 1 aliphatic rings. The van der Waals surface area contributed by atoms with E-state index in [1.807, 2.05) is 0 Å². The third-order valence-corrected chi connectivity index (χ3v) is 6.12. The first-order valence-corrected chi connectivity index (χ1v) is 11.6. The lowest BCUT2D eigenvalue weighted by molar-refractivity contribution is -0.274. The highest BCUT2D eigenvalue weighted by Crippen LogP contribution is 2.29. The number of likely N-dealkylation sites (tertiary alicyclic amines) is 1. The van der Waals surface area contributed by atoms with Crippen LogP contribution in [0.25, 0.3) is 11.0 Å². The molecule has 1 N–H and O–H groups in total. The number of nitrogens with one attached hydrogen (secondary N) is 1. The number of rotatable bonds is 8. The molecule has 0 radical (unpaired) electrons. The number of fused-ring (bicyclic) bond motifs is 1. The summed E-state index contributed by atoms with van der Waals surface area (Å²) in [7, 11) is 0. The molecule has 1 saturated heterocycles. The van der Waals surface area contributed by atoms with Crippen molar-refractivity contribution < 1.29 is 31.9 Å². The molecule has 0 spiro atoms. The molecule has 0 atom stereocenters. The van der Waals surface area contributed by atoms with Crippen molar-refractivity contribution >= 4 is 22.8 Å². The fourth-order valence-corrected chi connectivity index (χ4v) is 4.30. The fraction of sp³-hybridized carbons (Fsp3) is 0.400. The van der Waals surface area contributed by atoms with Crippen LogP contribution in [0.1, 0.15) is 53.0 Å². The number of alkyl halides is 3. The van der Waals surface area contributed by atoms with Crippen LogP contribution < -0.4 is 10.1 Å². The van der Waals surface area contributed by atoms with Crippen LogP contribution in [0.2, 0.25) is 0 Å². The molecular weight excluding hydrogens is 463 g/mol. The van der Waals surface area contributed by atoms with Gasteiger partial charge in [0.05, 0.1) is 11.8 Å². The van der Waals surface area contributed by atoms with Gasteiger partial charge in [0.2, 0.25) is 0 Å². The van der Waals surface area contributed by atoms with Crippen molar-refractivity contribution in [1.82, 2.24) is 15.2 Å². The number of halogens is 3. The van der Waals surface area contributed by atoms with Crippen LogP contribution >= 0.6 is 0 Å². The fourth-order valence-electron chi connectivity index (χ4n) is 4.30.